The molecule has 2 aliphatic heterocycles. The van der Waals surface area contributed by atoms with Crippen LogP contribution in [0, 0.1) is 22.6 Å². The zero-order valence-electron chi connectivity index (χ0n) is 24.5. The quantitative estimate of drug-likeness (QED) is 0.358. The molecule has 0 radical (unpaired) electrons. The van der Waals surface area contributed by atoms with Crippen molar-refractivity contribution >= 4 is 34.9 Å². The van der Waals surface area contributed by atoms with Gasteiger partial charge in [-0.1, -0.05) is 59.9 Å². The summed E-state index contributed by atoms with van der Waals surface area (Å²) < 4.78 is 32.4. The molecule has 1 aromatic carbocycles. The van der Waals surface area contributed by atoms with Crippen LogP contribution in [0.1, 0.15) is 66.0 Å². The lowest BCUT2D eigenvalue weighted by atomic mass is 9.53. The molecule has 222 valence electrons. The minimum atomic E-state index is -1.70. The molecule has 3 atom stereocenters. The van der Waals surface area contributed by atoms with Crippen LogP contribution in [0.25, 0.3) is 5.76 Å². The van der Waals surface area contributed by atoms with Gasteiger partial charge in [0.1, 0.15) is 17.1 Å². The van der Waals surface area contributed by atoms with Gasteiger partial charge in [-0.05, 0) is 42.4 Å². The Balaban J connectivity index is 2.50. The fourth-order valence-electron chi connectivity index (χ4n) is 6.63. The summed E-state index contributed by atoms with van der Waals surface area (Å²) in [5.41, 5.74) is -1.87. The van der Waals surface area contributed by atoms with Crippen molar-refractivity contribution in [2.45, 2.75) is 71.3 Å². The van der Waals surface area contributed by atoms with Gasteiger partial charge in [-0.25, -0.2) is 19.0 Å². The zero-order valence-corrected chi connectivity index (χ0v) is 25.4. The average molecular weight is 581 g/mol. The zero-order chi connectivity index (χ0) is 30.3. The summed E-state index contributed by atoms with van der Waals surface area (Å²) in [4.78, 5) is 29.6. The summed E-state index contributed by atoms with van der Waals surface area (Å²) in [6, 6.07) is 4.48. The van der Waals surface area contributed by atoms with E-state index in [1.54, 1.807) is 19.2 Å². The SMILES string of the molecule is C=C(OCC)c1ccc(F)c([C@]23CO[C@@H](COC)C[C@H]2C(C(C)(C)C)(C(C)(C)C)SC(N(C(=O)O)C(=O)O)=N3)c1. The van der Waals surface area contributed by atoms with E-state index in [1.165, 1.54) is 6.07 Å². The van der Waals surface area contributed by atoms with Crippen molar-refractivity contribution < 1.29 is 38.4 Å². The number of nitrogens with zero attached hydrogens (tertiary/aromatic N) is 2. The second-order valence-electron chi connectivity index (χ2n) is 12.3. The smallest absolute Gasteiger partial charge is 0.423 e. The van der Waals surface area contributed by atoms with Crippen molar-refractivity contribution in [2.24, 2.45) is 21.7 Å². The lowest BCUT2D eigenvalue weighted by Gasteiger charge is -2.64. The van der Waals surface area contributed by atoms with E-state index in [4.69, 9.17) is 19.2 Å². The molecule has 40 heavy (non-hydrogen) atoms. The standard InChI is InChI=1S/C29H41FN2O7S/c1-10-38-17(2)18-11-12-21(30)20(13-18)28-16-39-19(15-37-9)14-22(28)29(26(3,4)5,27(6,7)8)40-23(31-28)32(24(33)34)25(35)36/h11-13,19,22H,2,10,14-16H2,1,3-9H3,(H,33,34)(H,35,36)/t19-,22-,28-/m1/s1. The highest BCUT2D eigenvalue weighted by atomic mass is 32.2. The summed E-state index contributed by atoms with van der Waals surface area (Å²) >= 11 is 1.13. The summed E-state index contributed by atoms with van der Waals surface area (Å²) in [6.07, 6.45) is -3.30. The second kappa shape index (κ2) is 11.3. The number of ether oxygens (including phenoxy) is 3. The third-order valence-electron chi connectivity index (χ3n) is 7.88. The Morgan fingerprint density at radius 3 is 2.30 bits per heavy atom. The van der Waals surface area contributed by atoms with Crippen molar-refractivity contribution in [2.75, 3.05) is 26.9 Å². The van der Waals surface area contributed by atoms with Gasteiger partial charge in [-0.3, -0.25) is 0 Å². The van der Waals surface area contributed by atoms with Gasteiger partial charge in [0, 0.05) is 28.9 Å². The Hall–Kier alpha value is -2.63. The topological polar surface area (TPSA) is 118 Å². The number of carboxylic acid groups (broad SMARTS) is 2. The van der Waals surface area contributed by atoms with Crippen molar-refractivity contribution in [3.63, 3.8) is 0 Å². The maximum Gasteiger partial charge on any atom is 0.423 e. The summed E-state index contributed by atoms with van der Waals surface area (Å²) in [5, 5.41) is 19.7. The van der Waals surface area contributed by atoms with Crippen LogP contribution < -0.4 is 0 Å². The number of amides is 2. The Labute approximate surface area is 239 Å². The highest BCUT2D eigenvalue weighted by molar-refractivity contribution is 8.15. The van der Waals surface area contributed by atoms with Gasteiger partial charge in [0.2, 0.25) is 0 Å². The number of amidine groups is 1. The third-order valence-corrected chi connectivity index (χ3v) is 10.2. The lowest BCUT2D eigenvalue weighted by molar-refractivity contribution is -0.119. The molecule has 9 nitrogen and oxygen atoms in total. The molecule has 2 aliphatic rings. The first kappa shape index (κ1) is 31.9. The van der Waals surface area contributed by atoms with Crippen LogP contribution in [0.3, 0.4) is 0 Å². The number of thioether (sulfide) groups is 1. The molecule has 0 unspecified atom stereocenters. The number of methoxy groups -OCH3 is 1. The van der Waals surface area contributed by atoms with E-state index in [0.717, 1.165) is 11.8 Å². The molecule has 0 spiro atoms. The van der Waals surface area contributed by atoms with E-state index < -0.39 is 45.0 Å². The number of fused-ring (bicyclic) bond motifs is 1. The van der Waals surface area contributed by atoms with Crippen molar-refractivity contribution in [1.29, 1.82) is 0 Å². The van der Waals surface area contributed by atoms with E-state index in [1.807, 2.05) is 48.5 Å². The first-order valence-electron chi connectivity index (χ1n) is 13.2. The van der Waals surface area contributed by atoms with Crippen LogP contribution in [-0.2, 0) is 19.7 Å². The number of aliphatic imine (C=N–C) groups is 1. The highest BCUT2D eigenvalue weighted by Crippen LogP contribution is 2.67. The molecule has 1 aromatic rings. The van der Waals surface area contributed by atoms with E-state index in [0.29, 0.717) is 31.0 Å². The summed E-state index contributed by atoms with van der Waals surface area (Å²) in [5.74, 6) is -0.649. The largest absolute Gasteiger partial charge is 0.494 e. The molecule has 2 amide bonds. The van der Waals surface area contributed by atoms with Crippen molar-refractivity contribution in [3.05, 3.63) is 41.7 Å². The summed E-state index contributed by atoms with van der Waals surface area (Å²) in [7, 11) is 1.58. The fourth-order valence-corrected chi connectivity index (χ4v) is 8.42. The van der Waals surface area contributed by atoms with E-state index in [2.05, 4.69) is 6.58 Å². The Bertz CT molecular complexity index is 1160. The van der Waals surface area contributed by atoms with Crippen LogP contribution in [0.5, 0.6) is 0 Å². The Morgan fingerprint density at radius 2 is 1.80 bits per heavy atom. The van der Waals surface area contributed by atoms with Gasteiger partial charge in [-0.2, -0.15) is 4.90 Å². The van der Waals surface area contributed by atoms with Gasteiger partial charge in [0.05, 0.1) is 25.9 Å². The predicted molar refractivity (Wildman–Crippen MR) is 153 cm³/mol. The van der Waals surface area contributed by atoms with Gasteiger partial charge in [0.15, 0.2) is 5.17 Å². The molecule has 1 fully saturated rings. The van der Waals surface area contributed by atoms with Crippen molar-refractivity contribution in [1.82, 2.24) is 4.90 Å². The first-order chi connectivity index (χ1) is 18.5. The van der Waals surface area contributed by atoms with Crippen LogP contribution >= 0.6 is 11.8 Å². The summed E-state index contributed by atoms with van der Waals surface area (Å²) in [6.45, 7) is 18.6. The lowest BCUT2D eigenvalue weighted by Crippen LogP contribution is -2.68. The minimum Gasteiger partial charge on any atom is -0.494 e. The number of carbonyl (C=O) groups is 2. The predicted octanol–water partition coefficient (Wildman–Crippen LogP) is 6.67. The molecule has 0 saturated carbocycles. The molecule has 11 heteroatoms. The monoisotopic (exact) mass is 580 g/mol. The number of benzene rings is 1. The van der Waals surface area contributed by atoms with Crippen LogP contribution in [0.2, 0.25) is 0 Å². The second-order valence-corrected chi connectivity index (χ2v) is 13.5. The minimum absolute atomic E-state index is 0.113. The van der Waals surface area contributed by atoms with Crippen LogP contribution in [0.15, 0.2) is 29.8 Å². The number of hydrogen-bond acceptors (Lipinski definition) is 7. The highest BCUT2D eigenvalue weighted by Gasteiger charge is 2.68. The molecule has 0 aliphatic carbocycles. The van der Waals surface area contributed by atoms with E-state index in [9.17, 15) is 19.8 Å². The molecule has 2 heterocycles. The molecule has 2 N–H and O–H groups in total. The number of halogens is 1. The first-order valence-corrected chi connectivity index (χ1v) is 14.1. The number of imide groups is 1. The molecular weight excluding hydrogens is 539 g/mol. The molecule has 3 rings (SSSR count). The Morgan fingerprint density at radius 1 is 1.20 bits per heavy atom. The van der Waals surface area contributed by atoms with E-state index >= 15 is 4.39 Å². The van der Waals surface area contributed by atoms with Gasteiger partial charge in [-0.15, -0.1) is 0 Å². The van der Waals surface area contributed by atoms with Crippen LogP contribution in [-0.4, -0.2) is 70.2 Å². The number of rotatable bonds is 6. The molecule has 0 bridgehead atoms. The molecular formula is C29H41FN2O7S. The maximum atomic E-state index is 16.0. The van der Waals surface area contributed by atoms with Gasteiger partial charge < -0.3 is 24.4 Å². The normalized spacial score (nSPS) is 24.5. The maximum absolute atomic E-state index is 16.0. The van der Waals surface area contributed by atoms with Gasteiger partial charge >= 0.3 is 12.2 Å². The van der Waals surface area contributed by atoms with E-state index in [-0.39, 0.29) is 28.3 Å². The average Bonchev–Trinajstić information content (AvgIpc) is 2.82. The fraction of sp³-hybridized carbons (Fsp3) is 0.621. The third kappa shape index (κ3) is 5.35. The number of hydrogen-bond donors (Lipinski definition) is 2. The molecule has 0 aromatic heterocycles. The molecule has 1 saturated heterocycles. The van der Waals surface area contributed by atoms with Crippen LogP contribution in [0.4, 0.5) is 14.0 Å². The van der Waals surface area contributed by atoms with Crippen molar-refractivity contribution in [3.8, 4) is 0 Å². The van der Waals surface area contributed by atoms with Gasteiger partial charge in [0.25, 0.3) is 0 Å². The Kier molecular flexibility index (Phi) is 9.03.